The Bertz CT molecular complexity index is 6840. The van der Waals surface area contributed by atoms with E-state index < -0.39 is 5.60 Å². The van der Waals surface area contributed by atoms with Crippen LogP contribution in [0.2, 0.25) is 0 Å². The van der Waals surface area contributed by atoms with Gasteiger partial charge >= 0.3 is 6.09 Å². The number of likely N-dealkylation sites (tertiary alicyclic amines) is 3. The number of carbonyl (C=O) groups is 3. The summed E-state index contributed by atoms with van der Waals surface area (Å²) in [5, 5.41) is 25.1. The summed E-state index contributed by atoms with van der Waals surface area (Å²) in [4.78, 5) is 93.1. The lowest BCUT2D eigenvalue weighted by Crippen LogP contribution is -2.35. The minimum absolute atomic E-state index is 0.0187. The second-order valence-electron chi connectivity index (χ2n) is 33.5. The first-order valence-electron chi connectivity index (χ1n) is 43.5. The van der Waals surface area contributed by atoms with Gasteiger partial charge in [0.25, 0.3) is 0 Å². The number of Topliss-reactive ketones (excluding diaryl/α,β-unsaturated/α-hetero) is 2. The molecule has 4 fully saturated rings. The quantitative estimate of drug-likeness (QED) is 0.0271. The molecule has 4 saturated heterocycles. The molecule has 15 aromatic rings. The molecule has 0 bridgehead atoms. The van der Waals surface area contributed by atoms with Gasteiger partial charge in [0.05, 0.1) is 43.6 Å². The predicted molar refractivity (Wildman–Crippen MR) is 506 cm³/mol. The molecule has 130 heavy (non-hydrogen) atoms. The maximum atomic E-state index is 12.9. The highest BCUT2D eigenvalue weighted by molar-refractivity contribution is 6.11. The maximum absolute atomic E-state index is 12.9. The molecular formula is C101H100N24O5. The van der Waals surface area contributed by atoms with Crippen molar-refractivity contribution >= 4 is 104 Å². The smallest absolute Gasteiger partial charge is 0.410 e. The van der Waals surface area contributed by atoms with Crippen LogP contribution >= 0.6 is 0 Å². The van der Waals surface area contributed by atoms with Crippen molar-refractivity contribution in [2.24, 2.45) is 16.8 Å². The van der Waals surface area contributed by atoms with Crippen molar-refractivity contribution in [2.45, 2.75) is 104 Å². The van der Waals surface area contributed by atoms with Crippen molar-refractivity contribution in [1.29, 1.82) is 0 Å². The Kier molecular flexibility index (Phi) is 27.9. The molecule has 15 aromatic heterocycles. The van der Waals surface area contributed by atoms with Crippen LogP contribution in [-0.2, 0) is 30.9 Å². The average Bonchev–Trinajstić information content (AvgIpc) is 1.68. The number of aliphatic hydroxyl groups excluding tert-OH is 1. The molecule has 1 amide bonds. The van der Waals surface area contributed by atoms with Gasteiger partial charge in [-0.3, -0.25) is 29.4 Å². The van der Waals surface area contributed by atoms with E-state index in [9.17, 15) is 14.4 Å². The Morgan fingerprint density at radius 2 is 0.892 bits per heavy atom. The molecule has 0 spiro atoms. The van der Waals surface area contributed by atoms with Gasteiger partial charge in [-0.15, -0.1) is 25.7 Å². The fraction of sp³-hybridized carbons (Fsp3) is 0.267. The zero-order chi connectivity index (χ0) is 89.9. The molecule has 29 nitrogen and oxygen atoms in total. The Labute approximate surface area is 753 Å². The van der Waals surface area contributed by atoms with Gasteiger partial charge in [-0.25, -0.2) is 49.7 Å². The van der Waals surface area contributed by atoms with Crippen LogP contribution in [0, 0.1) is 61.2 Å². The van der Waals surface area contributed by atoms with E-state index in [2.05, 4.69) is 169 Å². The molecule has 29 heteroatoms. The van der Waals surface area contributed by atoms with Gasteiger partial charge in [-0.2, -0.15) is 0 Å². The van der Waals surface area contributed by atoms with Crippen molar-refractivity contribution in [3.05, 3.63) is 287 Å². The van der Waals surface area contributed by atoms with Crippen molar-refractivity contribution in [1.82, 2.24) is 91.9 Å². The van der Waals surface area contributed by atoms with Crippen molar-refractivity contribution in [3.63, 3.8) is 0 Å². The fourth-order valence-electron chi connectivity index (χ4n) is 16.0. The number of nitrogens with one attached hydrogen (secondary N) is 5. The lowest BCUT2D eigenvalue weighted by Gasteiger charge is -2.24. The van der Waals surface area contributed by atoms with E-state index in [1.54, 1.807) is 59.9 Å². The third kappa shape index (κ3) is 23.6. The number of hydrogen-bond donors (Lipinski definition) is 6. The number of hydrogen-bond acceptors (Lipinski definition) is 23. The molecule has 5 aliphatic heterocycles. The summed E-state index contributed by atoms with van der Waals surface area (Å²) in [6.45, 7) is 16.2. The number of ether oxygens (including phenoxy) is 1. The first kappa shape index (κ1) is 88.0. The number of nitrogens with zero attached hydrogens (tertiary/aromatic N) is 19. The minimum atomic E-state index is -0.532. The van der Waals surface area contributed by atoms with E-state index in [1.165, 1.54) is 74.1 Å². The lowest BCUT2D eigenvalue weighted by atomic mass is 9.98. The van der Waals surface area contributed by atoms with E-state index in [4.69, 9.17) is 40.5 Å². The Hall–Kier alpha value is -15.5. The summed E-state index contributed by atoms with van der Waals surface area (Å²) in [5.74, 6) is 16.4. The largest absolute Gasteiger partial charge is 0.444 e. The number of allylic oxidation sites excluding steroid dienone is 1. The van der Waals surface area contributed by atoms with Gasteiger partial charge in [-0.05, 0) is 260 Å². The van der Waals surface area contributed by atoms with Gasteiger partial charge in [0, 0.05) is 159 Å². The molecule has 0 unspecified atom stereocenters. The number of fused-ring (bicyclic) bond motifs is 5. The molecule has 0 aliphatic carbocycles. The van der Waals surface area contributed by atoms with Crippen LogP contribution in [0.15, 0.2) is 225 Å². The van der Waals surface area contributed by atoms with Gasteiger partial charge < -0.3 is 63.3 Å². The molecule has 20 rings (SSSR count). The molecule has 6 N–H and O–H groups in total. The van der Waals surface area contributed by atoms with Crippen LogP contribution in [0.3, 0.4) is 0 Å². The molecular weight excluding hydrogens is 1630 g/mol. The third-order valence-corrected chi connectivity index (χ3v) is 22.5. The van der Waals surface area contributed by atoms with Crippen molar-refractivity contribution in [3.8, 4) is 49.4 Å². The minimum Gasteiger partial charge on any atom is -0.444 e. The summed E-state index contributed by atoms with van der Waals surface area (Å²) in [7, 11) is 0. The van der Waals surface area contributed by atoms with E-state index >= 15 is 0 Å². The first-order chi connectivity index (χ1) is 63.3. The van der Waals surface area contributed by atoms with Crippen molar-refractivity contribution < 1.29 is 24.2 Å². The number of aliphatic imine (C=N–C) groups is 1. The number of rotatable bonds is 22. The van der Waals surface area contributed by atoms with E-state index in [0.717, 1.165) is 131 Å². The standard InChI is InChI=1S/C25H27N5O3.C22H23N5.C20H19N5O.C19H19N5.C15H12N4O/c1-5-17-6-7-23-28-22(16-30(23)14-17)27-21-13-19(8-10-26-21)20(31)12-18-9-11-29(15-18)24(32)33-25(2,3)4;1-2-10-26(9-1)14-17-5-8-24-20(11-17)12-21-16-27-15-19(3-4-22(27)25-21)18-6-7-23-13-18;1-2-14-3-4-20-24-19(13-25(20)12-14)23-18-10-16(6-8-22-18)17(26)9-15-5-7-21-11-15;1-2-15-5-6-19-22-18(14-24(19)13-15)21-17-11-16(7-8-20-17)12-23-9-3-4-10-23;1-2-11-3-4-15-18-14(9-19(15)8-11)17-13-7-12(10-20)5-6-16-13/h1,6-8,10,13-14,16,18H,9,11-12,15H2,2-4H3,(H,26,27);3-6,8,11,13,15-16H,1-2,7,9-10,12,14H2;1,3-4,6,8,10,12-13,15,21H,5,7,9,11H2,(H,22,23);1,5-8,11,13-14H,3-4,9-10,12H2,(H,20,21);1,3-9,20H,10H2,(H,16,17)/t18-;;15-;;/m1.1../s1. The zero-order valence-electron chi connectivity index (χ0n) is 72.8. The van der Waals surface area contributed by atoms with E-state index in [-0.39, 0.29) is 30.2 Å². The Morgan fingerprint density at radius 3 is 1.35 bits per heavy atom. The summed E-state index contributed by atoms with van der Waals surface area (Å²) in [6.07, 6.45) is 62.0. The number of pyridine rings is 10. The molecule has 2 atom stereocenters. The Balaban J connectivity index is 0.000000120. The molecule has 5 aliphatic rings. The first-order valence-corrected chi connectivity index (χ1v) is 43.5. The maximum Gasteiger partial charge on any atom is 0.410 e. The number of carbonyl (C=O) groups excluding carboxylic acids is 3. The van der Waals surface area contributed by atoms with E-state index in [0.29, 0.717) is 77.9 Å². The topological polar surface area (TPSA) is 314 Å². The Morgan fingerprint density at radius 1 is 0.462 bits per heavy atom. The molecule has 0 saturated carbocycles. The molecule has 0 aromatic carbocycles. The number of imidazole rings is 5. The van der Waals surface area contributed by atoms with Crippen molar-refractivity contribution in [2.75, 3.05) is 80.2 Å². The highest BCUT2D eigenvalue weighted by atomic mass is 16.6. The molecule has 654 valence electrons. The van der Waals surface area contributed by atoms with Gasteiger partial charge in [-0.1, -0.05) is 29.8 Å². The third-order valence-electron chi connectivity index (χ3n) is 22.5. The van der Waals surface area contributed by atoms with Crippen LogP contribution in [0.25, 0.3) is 33.8 Å². The number of aromatic nitrogens is 15. The molecule has 0 radical (unpaired) electrons. The van der Waals surface area contributed by atoms with Gasteiger partial charge in [0.15, 0.2) is 34.8 Å². The average molecular weight is 1730 g/mol. The SMILES string of the molecule is C#Cc1ccc2nc(Nc3cc(C(=O)C[C@H]4CCN(C(=O)OC(C)(C)C)C4)ccn3)cn2c1.C#Cc1ccc2nc(Nc3cc(C(=O)C[C@H]4CCNC4)ccn3)cn2c1.C#Cc1ccc2nc(Nc3cc(CN4CCCC4)ccn3)cn2c1.C#Cc1ccc2nc(Nc3cc(CO)ccn3)cn2c1.C1=NCC=C1c1ccc2nc(Cc3cc(CN4CCCC4)ccn3)cn2c1. The number of ketones is 2. The van der Waals surface area contributed by atoms with Crippen LogP contribution in [-0.4, -0.2) is 180 Å². The molecule has 20 heterocycles. The number of amides is 1. The van der Waals surface area contributed by atoms with Crippen LogP contribution in [0.5, 0.6) is 0 Å². The fourth-order valence-corrected chi connectivity index (χ4v) is 16.0. The summed E-state index contributed by atoms with van der Waals surface area (Å²) in [5.41, 5.74) is 15.9. The predicted octanol–water partition coefficient (Wildman–Crippen LogP) is 15.3. The normalized spacial score (nSPS) is 15.2. The number of aliphatic hydroxyl groups is 1. The van der Waals surface area contributed by atoms with Crippen LogP contribution in [0.1, 0.15) is 149 Å². The lowest BCUT2D eigenvalue weighted by molar-refractivity contribution is 0.0286. The number of anilines is 8. The highest BCUT2D eigenvalue weighted by Crippen LogP contribution is 2.29. The van der Waals surface area contributed by atoms with Gasteiger partial charge in [0.1, 0.15) is 57.1 Å². The zero-order valence-corrected chi connectivity index (χ0v) is 72.8. The van der Waals surface area contributed by atoms with Crippen LogP contribution < -0.4 is 26.6 Å². The highest BCUT2D eigenvalue weighted by Gasteiger charge is 2.32. The monoisotopic (exact) mass is 1730 g/mol. The van der Waals surface area contributed by atoms with Gasteiger partial charge in [0.2, 0.25) is 0 Å². The summed E-state index contributed by atoms with van der Waals surface area (Å²) in [6, 6.07) is 38.1. The second kappa shape index (κ2) is 41.3. The summed E-state index contributed by atoms with van der Waals surface area (Å²) < 4.78 is 15.0. The van der Waals surface area contributed by atoms with E-state index in [1.807, 2.05) is 155 Å². The van der Waals surface area contributed by atoms with Crippen LogP contribution in [0.4, 0.5) is 51.3 Å². The second-order valence-corrected chi connectivity index (χ2v) is 33.5. The summed E-state index contributed by atoms with van der Waals surface area (Å²) >= 11 is 0. The number of terminal acetylenes is 4.